The van der Waals surface area contributed by atoms with E-state index in [1.165, 1.54) is 0 Å². The number of carbonyl (C=O) groups is 2. The third kappa shape index (κ3) is 4.06. The summed E-state index contributed by atoms with van der Waals surface area (Å²) in [7, 11) is 0. The van der Waals surface area contributed by atoms with Crippen LogP contribution in [0.1, 0.15) is 43.7 Å². The first-order chi connectivity index (χ1) is 9.97. The summed E-state index contributed by atoms with van der Waals surface area (Å²) in [6, 6.07) is 5.91. The number of para-hydroxylation sites is 1. The standard InChI is InChI=1S/C17H24N2O2/c1-11-7-9-14(10-8-11)18-16(20)17(21)19-15-12(2)5-4-6-13(15)3/h4-6,11,14H,7-10H2,1-3H3,(H,18,20)(H,19,21). The molecular weight excluding hydrogens is 264 g/mol. The molecule has 0 aliphatic heterocycles. The average Bonchev–Trinajstić information content (AvgIpc) is 2.45. The Morgan fingerprint density at radius 2 is 1.57 bits per heavy atom. The van der Waals surface area contributed by atoms with Gasteiger partial charge in [0, 0.05) is 11.7 Å². The van der Waals surface area contributed by atoms with E-state index in [1.807, 2.05) is 32.0 Å². The molecule has 0 aromatic heterocycles. The SMILES string of the molecule is Cc1cccc(C)c1NC(=O)C(=O)NC1CCC(C)CC1. The molecule has 1 aromatic carbocycles. The fourth-order valence-electron chi connectivity index (χ4n) is 2.84. The second kappa shape index (κ2) is 6.74. The Balaban J connectivity index is 1.92. The maximum atomic E-state index is 12.0. The molecule has 2 rings (SSSR count). The monoisotopic (exact) mass is 288 g/mol. The van der Waals surface area contributed by atoms with Crippen LogP contribution in [0.15, 0.2) is 18.2 Å². The number of hydrogen-bond acceptors (Lipinski definition) is 2. The molecule has 1 aromatic rings. The first-order valence-electron chi connectivity index (χ1n) is 7.65. The molecule has 21 heavy (non-hydrogen) atoms. The molecule has 4 heteroatoms. The van der Waals surface area contributed by atoms with Gasteiger partial charge in [0.25, 0.3) is 0 Å². The molecule has 2 amide bonds. The quantitative estimate of drug-likeness (QED) is 0.822. The lowest BCUT2D eigenvalue weighted by Gasteiger charge is -2.26. The highest BCUT2D eigenvalue weighted by Gasteiger charge is 2.23. The predicted molar refractivity (Wildman–Crippen MR) is 84.1 cm³/mol. The minimum absolute atomic E-state index is 0.136. The zero-order valence-corrected chi connectivity index (χ0v) is 13.0. The summed E-state index contributed by atoms with van der Waals surface area (Å²) < 4.78 is 0. The first-order valence-corrected chi connectivity index (χ1v) is 7.65. The van der Waals surface area contributed by atoms with Crippen LogP contribution >= 0.6 is 0 Å². The van der Waals surface area contributed by atoms with E-state index >= 15 is 0 Å². The van der Waals surface area contributed by atoms with Crippen LogP contribution in [0.2, 0.25) is 0 Å². The summed E-state index contributed by atoms with van der Waals surface area (Å²) >= 11 is 0. The van der Waals surface area contributed by atoms with Gasteiger partial charge in [-0.3, -0.25) is 9.59 Å². The molecule has 1 saturated carbocycles. The van der Waals surface area contributed by atoms with Crippen molar-refractivity contribution >= 4 is 17.5 Å². The highest BCUT2D eigenvalue weighted by atomic mass is 16.2. The molecule has 114 valence electrons. The lowest BCUT2D eigenvalue weighted by atomic mass is 9.87. The number of benzene rings is 1. The lowest BCUT2D eigenvalue weighted by Crippen LogP contribution is -2.43. The van der Waals surface area contributed by atoms with Crippen LogP contribution in [0.3, 0.4) is 0 Å². The summed E-state index contributed by atoms with van der Waals surface area (Å²) in [4.78, 5) is 24.0. The Kier molecular flexibility index (Phi) is 4.99. The Labute approximate surface area is 126 Å². The van der Waals surface area contributed by atoms with E-state index in [0.717, 1.165) is 48.4 Å². The van der Waals surface area contributed by atoms with Crippen LogP contribution in [0.25, 0.3) is 0 Å². The fraction of sp³-hybridized carbons (Fsp3) is 0.529. The number of rotatable bonds is 2. The largest absolute Gasteiger partial charge is 0.345 e. The molecule has 2 N–H and O–H groups in total. The Hall–Kier alpha value is -1.84. The van der Waals surface area contributed by atoms with Gasteiger partial charge < -0.3 is 10.6 Å². The molecule has 0 unspecified atom stereocenters. The molecule has 4 nitrogen and oxygen atoms in total. The highest BCUT2D eigenvalue weighted by molar-refractivity contribution is 6.39. The highest BCUT2D eigenvalue weighted by Crippen LogP contribution is 2.23. The van der Waals surface area contributed by atoms with Gasteiger partial charge >= 0.3 is 11.8 Å². The van der Waals surface area contributed by atoms with Gasteiger partial charge in [0.2, 0.25) is 0 Å². The van der Waals surface area contributed by atoms with E-state index in [0.29, 0.717) is 0 Å². The van der Waals surface area contributed by atoms with Crippen molar-refractivity contribution < 1.29 is 9.59 Å². The van der Waals surface area contributed by atoms with Gasteiger partial charge in [0.1, 0.15) is 0 Å². The van der Waals surface area contributed by atoms with Crippen molar-refractivity contribution in [1.29, 1.82) is 0 Å². The Morgan fingerprint density at radius 3 is 2.14 bits per heavy atom. The molecule has 0 spiro atoms. The van der Waals surface area contributed by atoms with Crippen molar-refractivity contribution in [3.05, 3.63) is 29.3 Å². The number of carbonyl (C=O) groups excluding carboxylic acids is 2. The summed E-state index contributed by atoms with van der Waals surface area (Å²) in [6.07, 6.45) is 4.15. The molecule has 0 bridgehead atoms. The maximum Gasteiger partial charge on any atom is 0.313 e. The third-order valence-electron chi connectivity index (χ3n) is 4.28. The molecule has 1 fully saturated rings. The fourth-order valence-corrected chi connectivity index (χ4v) is 2.84. The molecule has 0 radical (unpaired) electrons. The van der Waals surface area contributed by atoms with E-state index in [-0.39, 0.29) is 6.04 Å². The smallest absolute Gasteiger partial charge is 0.313 e. The average molecular weight is 288 g/mol. The summed E-state index contributed by atoms with van der Waals surface area (Å²) in [5.41, 5.74) is 2.65. The Morgan fingerprint density at radius 1 is 1.00 bits per heavy atom. The predicted octanol–water partition coefficient (Wildman–Crippen LogP) is 2.94. The molecule has 1 aliphatic carbocycles. The van der Waals surface area contributed by atoms with Gasteiger partial charge in [-0.05, 0) is 56.6 Å². The van der Waals surface area contributed by atoms with E-state index in [1.54, 1.807) is 0 Å². The summed E-state index contributed by atoms with van der Waals surface area (Å²) in [5.74, 6) is -0.384. The van der Waals surface area contributed by atoms with E-state index < -0.39 is 11.8 Å². The summed E-state index contributed by atoms with van der Waals surface area (Å²) in [6.45, 7) is 6.07. The molecule has 1 aliphatic rings. The number of anilines is 1. The van der Waals surface area contributed by atoms with Crippen molar-refractivity contribution in [2.75, 3.05) is 5.32 Å². The van der Waals surface area contributed by atoms with Gasteiger partial charge in [0.15, 0.2) is 0 Å². The molecule has 0 heterocycles. The van der Waals surface area contributed by atoms with Gasteiger partial charge in [-0.15, -0.1) is 0 Å². The van der Waals surface area contributed by atoms with Crippen molar-refractivity contribution in [1.82, 2.24) is 5.32 Å². The van der Waals surface area contributed by atoms with Crippen LogP contribution in [0.4, 0.5) is 5.69 Å². The zero-order chi connectivity index (χ0) is 15.4. The third-order valence-corrected chi connectivity index (χ3v) is 4.28. The number of amides is 2. The van der Waals surface area contributed by atoms with Crippen molar-refractivity contribution in [3.63, 3.8) is 0 Å². The van der Waals surface area contributed by atoms with Crippen molar-refractivity contribution in [3.8, 4) is 0 Å². The van der Waals surface area contributed by atoms with Crippen LogP contribution in [0, 0.1) is 19.8 Å². The zero-order valence-electron chi connectivity index (χ0n) is 13.0. The van der Waals surface area contributed by atoms with Crippen LogP contribution in [-0.4, -0.2) is 17.9 Å². The van der Waals surface area contributed by atoms with E-state index in [2.05, 4.69) is 17.6 Å². The number of hydrogen-bond donors (Lipinski definition) is 2. The number of aryl methyl sites for hydroxylation is 2. The van der Waals surface area contributed by atoms with Gasteiger partial charge in [-0.25, -0.2) is 0 Å². The van der Waals surface area contributed by atoms with Crippen molar-refractivity contribution in [2.45, 2.75) is 52.5 Å². The van der Waals surface area contributed by atoms with Gasteiger partial charge in [0.05, 0.1) is 0 Å². The van der Waals surface area contributed by atoms with Crippen LogP contribution in [0.5, 0.6) is 0 Å². The maximum absolute atomic E-state index is 12.0. The minimum atomic E-state index is -0.578. The Bertz CT molecular complexity index is 511. The van der Waals surface area contributed by atoms with Crippen molar-refractivity contribution in [2.24, 2.45) is 5.92 Å². The van der Waals surface area contributed by atoms with Crippen LogP contribution < -0.4 is 10.6 Å². The van der Waals surface area contributed by atoms with E-state index in [9.17, 15) is 9.59 Å². The number of nitrogens with one attached hydrogen (secondary N) is 2. The van der Waals surface area contributed by atoms with E-state index in [4.69, 9.17) is 0 Å². The normalized spacial score (nSPS) is 21.7. The second-order valence-corrected chi connectivity index (χ2v) is 6.15. The molecule has 0 saturated heterocycles. The topological polar surface area (TPSA) is 58.2 Å². The molecular formula is C17H24N2O2. The lowest BCUT2D eigenvalue weighted by molar-refractivity contribution is -0.136. The molecule has 0 atom stereocenters. The second-order valence-electron chi connectivity index (χ2n) is 6.15. The summed E-state index contributed by atoms with van der Waals surface area (Å²) in [5, 5.41) is 5.57. The van der Waals surface area contributed by atoms with Gasteiger partial charge in [-0.2, -0.15) is 0 Å². The minimum Gasteiger partial charge on any atom is -0.345 e. The first kappa shape index (κ1) is 15.5. The van der Waals surface area contributed by atoms with Gasteiger partial charge in [-0.1, -0.05) is 25.1 Å². The van der Waals surface area contributed by atoms with Crippen LogP contribution in [-0.2, 0) is 9.59 Å².